The summed E-state index contributed by atoms with van der Waals surface area (Å²) in [5.74, 6) is 1.65. The van der Waals surface area contributed by atoms with Gasteiger partial charge in [0.05, 0.1) is 19.8 Å². The molecule has 0 unspecified atom stereocenters. The Balaban J connectivity index is 1.60. The van der Waals surface area contributed by atoms with Crippen molar-refractivity contribution in [3.8, 4) is 23.0 Å². The highest BCUT2D eigenvalue weighted by Crippen LogP contribution is 2.39. The fraction of sp³-hybridized carbons (Fsp3) is 0.318. The Morgan fingerprint density at radius 3 is 2.53 bits per heavy atom. The number of methoxy groups -OCH3 is 2. The number of benzene rings is 2. The molecular weight excluding hydrogens is 402 g/mol. The highest BCUT2D eigenvalue weighted by atomic mass is 32.2. The van der Waals surface area contributed by atoms with Crippen LogP contribution in [0.15, 0.2) is 58.2 Å². The molecule has 0 spiro atoms. The summed E-state index contributed by atoms with van der Waals surface area (Å²) < 4.78 is 16.6. The molecule has 1 aliphatic rings. The van der Waals surface area contributed by atoms with E-state index in [4.69, 9.17) is 13.9 Å². The quantitative estimate of drug-likeness (QED) is 0.525. The molecular formula is C22H23N3O4S. The Morgan fingerprint density at radius 1 is 1.07 bits per heavy atom. The first-order valence-electron chi connectivity index (χ1n) is 9.76. The molecule has 0 radical (unpaired) electrons. The SMILES string of the molecule is COc1ccc(-c2nnc(S[C@@H](C(=O)N3CCCC3)c3ccccc3)o2)c(OC)c1. The molecule has 1 aromatic heterocycles. The van der Waals surface area contributed by atoms with Crippen molar-refractivity contribution in [1.82, 2.24) is 15.1 Å². The zero-order valence-corrected chi connectivity index (χ0v) is 17.7. The molecule has 0 N–H and O–H groups in total. The molecule has 3 aromatic rings. The van der Waals surface area contributed by atoms with E-state index in [0.717, 1.165) is 31.5 Å². The zero-order valence-electron chi connectivity index (χ0n) is 16.9. The first-order valence-corrected chi connectivity index (χ1v) is 10.6. The smallest absolute Gasteiger partial charge is 0.277 e. The molecule has 2 heterocycles. The number of likely N-dealkylation sites (tertiary alicyclic amines) is 1. The van der Waals surface area contributed by atoms with Gasteiger partial charge in [-0.1, -0.05) is 30.3 Å². The van der Waals surface area contributed by atoms with Gasteiger partial charge < -0.3 is 18.8 Å². The molecule has 7 nitrogen and oxygen atoms in total. The monoisotopic (exact) mass is 425 g/mol. The minimum Gasteiger partial charge on any atom is -0.497 e. The van der Waals surface area contributed by atoms with E-state index in [2.05, 4.69) is 10.2 Å². The van der Waals surface area contributed by atoms with Crippen LogP contribution in [0.3, 0.4) is 0 Å². The van der Waals surface area contributed by atoms with E-state index in [0.29, 0.717) is 28.2 Å². The number of carbonyl (C=O) groups excluding carboxylic acids is 1. The van der Waals surface area contributed by atoms with Gasteiger partial charge in [-0.05, 0) is 42.3 Å². The van der Waals surface area contributed by atoms with Crippen LogP contribution in [0.25, 0.3) is 11.5 Å². The van der Waals surface area contributed by atoms with Crippen molar-refractivity contribution in [2.75, 3.05) is 27.3 Å². The molecule has 2 aromatic carbocycles. The summed E-state index contributed by atoms with van der Waals surface area (Å²) in [7, 11) is 3.17. The van der Waals surface area contributed by atoms with Crippen molar-refractivity contribution in [1.29, 1.82) is 0 Å². The third kappa shape index (κ3) is 4.28. The Kier molecular flexibility index (Phi) is 6.23. The van der Waals surface area contributed by atoms with Crippen LogP contribution in [0, 0.1) is 0 Å². The highest BCUT2D eigenvalue weighted by molar-refractivity contribution is 8.00. The Bertz CT molecular complexity index is 1000. The molecule has 1 fully saturated rings. The summed E-state index contributed by atoms with van der Waals surface area (Å²) in [5, 5.41) is 8.25. The van der Waals surface area contributed by atoms with Gasteiger partial charge in [-0.2, -0.15) is 0 Å². The van der Waals surface area contributed by atoms with Crippen molar-refractivity contribution in [3.05, 3.63) is 54.1 Å². The van der Waals surface area contributed by atoms with Crippen LogP contribution in [0.5, 0.6) is 11.5 Å². The Labute approximate surface area is 179 Å². The maximum absolute atomic E-state index is 13.2. The lowest BCUT2D eigenvalue weighted by Crippen LogP contribution is -2.31. The average molecular weight is 426 g/mol. The number of aromatic nitrogens is 2. The van der Waals surface area contributed by atoms with Crippen LogP contribution in [-0.4, -0.2) is 48.3 Å². The van der Waals surface area contributed by atoms with Gasteiger partial charge in [-0.3, -0.25) is 4.79 Å². The van der Waals surface area contributed by atoms with Crippen molar-refractivity contribution >= 4 is 17.7 Å². The molecule has 30 heavy (non-hydrogen) atoms. The first kappa shape index (κ1) is 20.3. The number of nitrogens with zero attached hydrogens (tertiary/aromatic N) is 3. The second-order valence-corrected chi connectivity index (χ2v) is 7.94. The Morgan fingerprint density at radius 2 is 1.83 bits per heavy atom. The van der Waals surface area contributed by atoms with Crippen LogP contribution in [0.2, 0.25) is 0 Å². The van der Waals surface area contributed by atoms with E-state index in [1.807, 2.05) is 41.3 Å². The van der Waals surface area contributed by atoms with E-state index < -0.39 is 5.25 Å². The minimum atomic E-state index is -0.435. The summed E-state index contributed by atoms with van der Waals surface area (Å²) in [5.41, 5.74) is 1.58. The largest absolute Gasteiger partial charge is 0.497 e. The third-order valence-electron chi connectivity index (χ3n) is 5.01. The average Bonchev–Trinajstić information content (AvgIpc) is 3.49. The summed E-state index contributed by atoms with van der Waals surface area (Å²) in [6.45, 7) is 1.59. The zero-order chi connectivity index (χ0) is 20.9. The van der Waals surface area contributed by atoms with Crippen molar-refractivity contribution in [3.63, 3.8) is 0 Å². The number of amides is 1. The van der Waals surface area contributed by atoms with Gasteiger partial charge in [0.15, 0.2) is 0 Å². The van der Waals surface area contributed by atoms with Crippen molar-refractivity contribution < 1.29 is 18.7 Å². The number of ether oxygens (including phenoxy) is 2. The van der Waals surface area contributed by atoms with E-state index >= 15 is 0 Å². The predicted octanol–water partition coefficient (Wildman–Crippen LogP) is 4.21. The number of hydrogen-bond donors (Lipinski definition) is 0. The molecule has 8 heteroatoms. The number of rotatable bonds is 7. The Hall–Kier alpha value is -3.00. The predicted molar refractivity (Wildman–Crippen MR) is 114 cm³/mol. The van der Waals surface area contributed by atoms with Gasteiger partial charge in [-0.15, -0.1) is 10.2 Å². The van der Waals surface area contributed by atoms with Crippen molar-refractivity contribution in [2.24, 2.45) is 0 Å². The summed E-state index contributed by atoms with van der Waals surface area (Å²) in [6, 6.07) is 15.1. The maximum Gasteiger partial charge on any atom is 0.277 e. The van der Waals surface area contributed by atoms with Crippen LogP contribution in [0.1, 0.15) is 23.7 Å². The summed E-state index contributed by atoms with van der Waals surface area (Å²) in [4.78, 5) is 15.1. The van der Waals surface area contributed by atoms with Gasteiger partial charge >= 0.3 is 0 Å². The molecule has 156 valence electrons. The van der Waals surface area contributed by atoms with E-state index in [-0.39, 0.29) is 5.91 Å². The second-order valence-electron chi connectivity index (χ2n) is 6.88. The van der Waals surface area contributed by atoms with Crippen LogP contribution in [-0.2, 0) is 4.79 Å². The van der Waals surface area contributed by atoms with Crippen LogP contribution >= 0.6 is 11.8 Å². The molecule has 0 aliphatic carbocycles. The van der Waals surface area contributed by atoms with Gasteiger partial charge in [0, 0.05) is 19.2 Å². The van der Waals surface area contributed by atoms with E-state index in [1.165, 1.54) is 11.8 Å². The standard InChI is InChI=1S/C22H23N3O4S/c1-27-16-10-11-17(18(14-16)28-2)20-23-24-22(29-20)30-19(15-8-4-3-5-9-15)21(26)25-12-6-7-13-25/h3-5,8-11,14,19H,6-7,12-13H2,1-2H3/t19-/m1/s1. The third-order valence-corrected chi connectivity index (χ3v) is 6.08. The summed E-state index contributed by atoms with van der Waals surface area (Å²) in [6.07, 6.45) is 2.08. The molecule has 4 rings (SSSR count). The van der Waals surface area contributed by atoms with Gasteiger partial charge in [0.25, 0.3) is 11.1 Å². The van der Waals surface area contributed by atoms with E-state index in [1.54, 1.807) is 26.4 Å². The fourth-order valence-corrected chi connectivity index (χ4v) is 4.39. The van der Waals surface area contributed by atoms with Gasteiger partial charge in [-0.25, -0.2) is 0 Å². The molecule has 1 atom stereocenters. The molecule has 1 amide bonds. The van der Waals surface area contributed by atoms with Crippen LogP contribution < -0.4 is 9.47 Å². The number of carbonyl (C=O) groups is 1. The van der Waals surface area contributed by atoms with Crippen molar-refractivity contribution in [2.45, 2.75) is 23.3 Å². The lowest BCUT2D eigenvalue weighted by molar-refractivity contribution is -0.129. The lowest BCUT2D eigenvalue weighted by atomic mass is 10.1. The second kappa shape index (κ2) is 9.21. The minimum absolute atomic E-state index is 0.0745. The van der Waals surface area contributed by atoms with Crippen LogP contribution in [0.4, 0.5) is 0 Å². The number of thioether (sulfide) groups is 1. The highest BCUT2D eigenvalue weighted by Gasteiger charge is 2.30. The first-order chi connectivity index (χ1) is 14.7. The lowest BCUT2D eigenvalue weighted by Gasteiger charge is -2.22. The fourth-order valence-electron chi connectivity index (χ4n) is 3.43. The maximum atomic E-state index is 13.2. The molecule has 0 saturated carbocycles. The van der Waals surface area contributed by atoms with E-state index in [9.17, 15) is 4.79 Å². The molecule has 1 aliphatic heterocycles. The molecule has 1 saturated heterocycles. The number of hydrogen-bond acceptors (Lipinski definition) is 7. The summed E-state index contributed by atoms with van der Waals surface area (Å²) >= 11 is 1.28. The van der Waals surface area contributed by atoms with Gasteiger partial charge in [0.1, 0.15) is 16.7 Å². The normalized spacial score (nSPS) is 14.5. The molecule has 0 bridgehead atoms. The topological polar surface area (TPSA) is 77.7 Å². The van der Waals surface area contributed by atoms with Gasteiger partial charge in [0.2, 0.25) is 5.91 Å².